The lowest BCUT2D eigenvalue weighted by atomic mass is 9.55. The lowest BCUT2D eigenvalue weighted by Gasteiger charge is -2.56. The summed E-state index contributed by atoms with van der Waals surface area (Å²) in [4.78, 5) is 33.7. The van der Waals surface area contributed by atoms with E-state index in [-0.39, 0.29) is 0 Å². The SMILES string of the molecule is C=NC1=C(/C=C\C)C2(c3cccc4c3N3c5c2cccc5C2(c5cccnc5-c5cccnc52)c2cccc(c23)C42c3cccnc3-c3cccnc32)c2ncccc21. The van der Waals surface area contributed by atoms with Crippen molar-refractivity contribution >= 4 is 29.5 Å². The van der Waals surface area contributed by atoms with Crippen LogP contribution in [0.1, 0.15) is 74.1 Å². The molecule has 59 heavy (non-hydrogen) atoms. The number of aromatic nitrogens is 5. The lowest BCUT2D eigenvalue weighted by molar-refractivity contribution is 0.648. The molecule has 274 valence electrons. The van der Waals surface area contributed by atoms with Crippen LogP contribution in [-0.2, 0) is 16.2 Å². The van der Waals surface area contributed by atoms with Crippen LogP contribution in [0.4, 0.5) is 17.1 Å². The van der Waals surface area contributed by atoms with Gasteiger partial charge in [-0.25, -0.2) is 0 Å². The molecule has 0 bridgehead atoms. The van der Waals surface area contributed by atoms with Crippen molar-refractivity contribution in [3.8, 4) is 22.5 Å². The minimum Gasteiger partial charge on any atom is -0.308 e. The standard InChI is InChI=1S/C52H31N7/c1-3-12-32-41(53-2)29-13-7-26-56-47(29)50(32)35-16-4-18-37-44(35)59-45-36(50)17-5-19-38(45)52(34-23-11-25-55-43(34)31-15-9-28-58-49(31)52)40-21-6-20-39(46(40)59)51(37)33-22-10-24-54-42(33)30-14-8-27-57-48(30)51/h3-28H,2H2,1H3/b12-3-. The molecule has 8 aromatic rings. The molecule has 3 aliphatic heterocycles. The van der Waals surface area contributed by atoms with Gasteiger partial charge in [0.2, 0.25) is 0 Å². The van der Waals surface area contributed by atoms with E-state index in [2.05, 4.69) is 128 Å². The molecule has 3 aliphatic carbocycles. The zero-order valence-corrected chi connectivity index (χ0v) is 31.8. The summed E-state index contributed by atoms with van der Waals surface area (Å²) in [7, 11) is 0. The van der Waals surface area contributed by atoms with Gasteiger partial charge in [-0.1, -0.05) is 78.9 Å². The van der Waals surface area contributed by atoms with Crippen LogP contribution in [0.25, 0.3) is 28.2 Å². The highest BCUT2D eigenvalue weighted by Crippen LogP contribution is 2.74. The Kier molecular flexibility index (Phi) is 5.57. The van der Waals surface area contributed by atoms with Crippen LogP contribution < -0.4 is 4.90 Å². The van der Waals surface area contributed by atoms with Crippen LogP contribution in [0.5, 0.6) is 0 Å². The Hall–Kier alpha value is -7.64. The Labute approximate surface area is 339 Å². The Balaban J connectivity index is 1.28. The molecule has 0 radical (unpaired) electrons. The maximum atomic E-state index is 5.36. The largest absolute Gasteiger partial charge is 0.308 e. The first kappa shape index (κ1) is 31.4. The molecule has 7 nitrogen and oxygen atoms in total. The van der Waals surface area contributed by atoms with Crippen molar-refractivity contribution in [3.05, 3.63) is 231 Å². The summed E-state index contributed by atoms with van der Waals surface area (Å²) in [6, 6.07) is 41.9. The van der Waals surface area contributed by atoms with E-state index in [1.54, 1.807) is 0 Å². The average Bonchev–Trinajstić information content (AvgIpc) is 3.87. The molecule has 8 heterocycles. The molecule has 14 rings (SSSR count). The molecule has 0 N–H and O–H groups in total. The van der Waals surface area contributed by atoms with Gasteiger partial charge in [0.15, 0.2) is 0 Å². The first-order valence-electron chi connectivity index (χ1n) is 20.1. The summed E-state index contributed by atoms with van der Waals surface area (Å²) in [6.45, 7) is 6.27. The monoisotopic (exact) mass is 753 g/mol. The van der Waals surface area contributed by atoms with Crippen LogP contribution in [0, 0.1) is 0 Å². The second-order valence-corrected chi connectivity index (χ2v) is 16.1. The van der Waals surface area contributed by atoms with Crippen molar-refractivity contribution in [1.82, 2.24) is 24.9 Å². The van der Waals surface area contributed by atoms with Crippen molar-refractivity contribution < 1.29 is 0 Å². The van der Waals surface area contributed by atoms with Gasteiger partial charge in [-0.15, -0.1) is 0 Å². The van der Waals surface area contributed by atoms with Gasteiger partial charge >= 0.3 is 0 Å². The minimum absolute atomic E-state index is 0.807. The third kappa shape index (κ3) is 3.12. The number of allylic oxidation sites excluding steroid dienone is 3. The highest BCUT2D eigenvalue weighted by molar-refractivity contribution is 6.07. The zero-order valence-electron chi connectivity index (χ0n) is 31.8. The second kappa shape index (κ2) is 10.4. The third-order valence-corrected chi connectivity index (χ3v) is 14.0. The Morgan fingerprint density at radius 2 is 0.831 bits per heavy atom. The molecule has 6 aliphatic rings. The molecule has 0 amide bonds. The van der Waals surface area contributed by atoms with Crippen molar-refractivity contribution in [2.24, 2.45) is 4.99 Å². The number of aliphatic imine (C=N–C) groups is 1. The fourth-order valence-electron chi connectivity index (χ4n) is 12.4. The van der Waals surface area contributed by atoms with E-state index in [0.717, 1.165) is 107 Å². The number of hydrogen-bond donors (Lipinski definition) is 0. The molecule has 3 aromatic carbocycles. The topological polar surface area (TPSA) is 80.0 Å². The van der Waals surface area contributed by atoms with Gasteiger partial charge in [-0.05, 0) is 112 Å². The van der Waals surface area contributed by atoms with E-state index in [9.17, 15) is 0 Å². The molecule has 5 aromatic heterocycles. The fourth-order valence-corrected chi connectivity index (χ4v) is 12.4. The van der Waals surface area contributed by atoms with Crippen LogP contribution >= 0.6 is 0 Å². The Morgan fingerprint density at radius 3 is 1.27 bits per heavy atom. The highest BCUT2D eigenvalue weighted by Gasteiger charge is 2.65. The molecule has 2 atom stereocenters. The van der Waals surface area contributed by atoms with E-state index in [1.165, 1.54) is 11.1 Å². The first-order chi connectivity index (χ1) is 29.2. The molecule has 0 saturated heterocycles. The van der Waals surface area contributed by atoms with Gasteiger partial charge in [0.1, 0.15) is 0 Å². The second-order valence-electron chi connectivity index (χ2n) is 16.1. The predicted molar refractivity (Wildman–Crippen MR) is 229 cm³/mol. The van der Waals surface area contributed by atoms with Crippen LogP contribution in [0.15, 0.2) is 169 Å². The zero-order chi connectivity index (χ0) is 38.8. The fraction of sp³-hybridized carbons (Fsp3) is 0.0769. The summed E-state index contributed by atoms with van der Waals surface area (Å²) >= 11 is 0. The molecule has 0 saturated carbocycles. The number of fused-ring (bicyclic) bond motifs is 18. The number of hydrogen-bond acceptors (Lipinski definition) is 7. The predicted octanol–water partition coefficient (Wildman–Crippen LogP) is 10.1. The van der Waals surface area contributed by atoms with Gasteiger partial charge in [0, 0.05) is 47.7 Å². The van der Waals surface area contributed by atoms with Crippen molar-refractivity contribution in [1.29, 1.82) is 0 Å². The summed E-state index contributed by atoms with van der Waals surface area (Å²) in [5.74, 6) is 0. The number of nitrogens with zero attached hydrogens (tertiary/aromatic N) is 7. The van der Waals surface area contributed by atoms with Crippen LogP contribution in [0.3, 0.4) is 0 Å². The number of para-hydroxylation sites is 3. The van der Waals surface area contributed by atoms with Crippen LogP contribution in [0.2, 0.25) is 0 Å². The average molecular weight is 754 g/mol. The molecular formula is C52H31N7. The number of anilines is 3. The van der Waals surface area contributed by atoms with E-state index in [0.29, 0.717) is 0 Å². The van der Waals surface area contributed by atoms with Crippen molar-refractivity contribution in [2.75, 3.05) is 4.90 Å². The Bertz CT molecular complexity index is 3090. The van der Waals surface area contributed by atoms with Gasteiger partial charge in [0.25, 0.3) is 0 Å². The molecule has 2 unspecified atom stereocenters. The maximum absolute atomic E-state index is 5.36. The van der Waals surface area contributed by atoms with E-state index < -0.39 is 16.2 Å². The lowest BCUT2D eigenvalue weighted by Crippen LogP contribution is -2.48. The molecular weight excluding hydrogens is 723 g/mol. The van der Waals surface area contributed by atoms with Crippen molar-refractivity contribution in [3.63, 3.8) is 0 Å². The summed E-state index contributed by atoms with van der Waals surface area (Å²) in [5.41, 5.74) is 19.9. The number of rotatable bonds is 2. The number of pyridine rings is 5. The van der Waals surface area contributed by atoms with E-state index in [4.69, 9.17) is 29.9 Å². The van der Waals surface area contributed by atoms with Gasteiger partial charge in [-0.2, -0.15) is 0 Å². The first-order valence-corrected chi connectivity index (χ1v) is 20.1. The van der Waals surface area contributed by atoms with E-state index in [1.807, 2.05) is 49.2 Å². The minimum atomic E-state index is -0.856. The third-order valence-electron chi connectivity index (χ3n) is 14.0. The summed E-state index contributed by atoms with van der Waals surface area (Å²) in [5, 5.41) is 0. The molecule has 3 spiro atoms. The number of benzene rings is 3. The van der Waals surface area contributed by atoms with E-state index >= 15 is 0 Å². The molecule has 0 fully saturated rings. The quantitative estimate of drug-likeness (QED) is 0.164. The smallest absolute Gasteiger partial charge is 0.0942 e. The summed E-state index contributed by atoms with van der Waals surface area (Å²) < 4.78 is 0. The maximum Gasteiger partial charge on any atom is 0.0942 e. The highest BCUT2D eigenvalue weighted by atomic mass is 15.2. The van der Waals surface area contributed by atoms with Crippen LogP contribution in [-0.4, -0.2) is 31.6 Å². The Morgan fingerprint density at radius 1 is 0.458 bits per heavy atom. The molecule has 7 heteroatoms. The van der Waals surface area contributed by atoms with Gasteiger partial charge < -0.3 is 4.90 Å². The summed E-state index contributed by atoms with van der Waals surface area (Å²) in [6.07, 6.45) is 14.0. The van der Waals surface area contributed by atoms with Gasteiger partial charge in [-0.3, -0.25) is 29.9 Å². The van der Waals surface area contributed by atoms with Crippen molar-refractivity contribution in [2.45, 2.75) is 23.2 Å². The normalized spacial score (nSPS) is 22.1. The van der Waals surface area contributed by atoms with Gasteiger partial charge in [0.05, 0.1) is 67.5 Å².